The lowest BCUT2D eigenvalue weighted by Gasteiger charge is -2.27. The average Bonchev–Trinajstić information content (AvgIpc) is 3.24. The van der Waals surface area contributed by atoms with Crippen LogP contribution in [0, 0.1) is 0 Å². The van der Waals surface area contributed by atoms with Gasteiger partial charge in [0, 0.05) is 46.4 Å². The number of nitrogens with zero attached hydrogens (tertiary/aromatic N) is 3. The Morgan fingerprint density at radius 2 is 1.87 bits per heavy atom. The Labute approximate surface area is 188 Å². The van der Waals surface area contributed by atoms with Crippen LogP contribution in [0.1, 0.15) is 10.4 Å². The highest BCUT2D eigenvalue weighted by molar-refractivity contribution is 6.35. The molecule has 1 N–H and O–H groups in total. The van der Waals surface area contributed by atoms with Crippen LogP contribution in [0.5, 0.6) is 0 Å². The molecule has 0 radical (unpaired) electrons. The van der Waals surface area contributed by atoms with Gasteiger partial charge in [-0.2, -0.15) is 5.10 Å². The van der Waals surface area contributed by atoms with Crippen molar-refractivity contribution in [2.75, 3.05) is 26.3 Å². The van der Waals surface area contributed by atoms with Gasteiger partial charge in [-0.25, -0.2) is 4.98 Å². The van der Waals surface area contributed by atoms with Crippen molar-refractivity contribution in [3.05, 3.63) is 70.3 Å². The van der Waals surface area contributed by atoms with E-state index in [1.807, 2.05) is 35.2 Å². The fourth-order valence-electron chi connectivity index (χ4n) is 3.73. The fraction of sp³-hybridized carbons (Fsp3) is 0.174. The first kappa shape index (κ1) is 20.0. The number of hydrogen-bond acceptors (Lipinski definition) is 4. The smallest absolute Gasteiger partial charge is 0.254 e. The molecule has 3 heterocycles. The van der Waals surface area contributed by atoms with E-state index in [1.165, 1.54) is 0 Å². The zero-order chi connectivity index (χ0) is 21.4. The third-order valence-corrected chi connectivity index (χ3v) is 5.91. The standard InChI is InChI=1S/C23H18Cl2N4O2/c24-17-4-5-20(25)18(12-17)21-19-11-16(13-26-22(19)28-27-21)14-2-1-3-15(10-14)23(30)29-6-8-31-9-7-29/h1-5,10-13H,6-9H2,(H,26,27,28). The molecule has 2 aromatic heterocycles. The summed E-state index contributed by atoms with van der Waals surface area (Å²) in [5.74, 6) is 0.00824. The van der Waals surface area contributed by atoms with E-state index in [0.29, 0.717) is 47.6 Å². The van der Waals surface area contributed by atoms with Gasteiger partial charge in [0.15, 0.2) is 5.65 Å². The lowest BCUT2D eigenvalue weighted by atomic mass is 10.0. The Kier molecular flexibility index (Phi) is 5.36. The van der Waals surface area contributed by atoms with Crippen molar-refractivity contribution in [3.8, 4) is 22.4 Å². The van der Waals surface area contributed by atoms with E-state index in [0.717, 1.165) is 27.8 Å². The topological polar surface area (TPSA) is 71.1 Å². The Morgan fingerprint density at radius 1 is 1.03 bits per heavy atom. The van der Waals surface area contributed by atoms with Gasteiger partial charge in [-0.3, -0.25) is 9.89 Å². The van der Waals surface area contributed by atoms with Gasteiger partial charge in [-0.05, 0) is 42.0 Å². The van der Waals surface area contributed by atoms with Crippen LogP contribution < -0.4 is 0 Å². The van der Waals surface area contributed by atoms with Crippen LogP contribution in [-0.2, 0) is 4.74 Å². The van der Waals surface area contributed by atoms with E-state index < -0.39 is 0 Å². The number of fused-ring (bicyclic) bond motifs is 1. The van der Waals surface area contributed by atoms with Crippen LogP contribution in [0.25, 0.3) is 33.4 Å². The van der Waals surface area contributed by atoms with Crippen molar-refractivity contribution in [2.45, 2.75) is 0 Å². The number of carbonyl (C=O) groups is 1. The summed E-state index contributed by atoms with van der Waals surface area (Å²) in [4.78, 5) is 19.2. The minimum absolute atomic E-state index is 0.00824. The number of nitrogens with one attached hydrogen (secondary N) is 1. The Balaban J connectivity index is 1.54. The number of hydrogen-bond donors (Lipinski definition) is 1. The first-order chi connectivity index (χ1) is 15.1. The molecule has 0 aliphatic carbocycles. The van der Waals surface area contributed by atoms with E-state index in [9.17, 15) is 4.79 Å². The number of rotatable bonds is 3. The van der Waals surface area contributed by atoms with Gasteiger partial charge in [0.1, 0.15) is 0 Å². The summed E-state index contributed by atoms with van der Waals surface area (Å²) in [5, 5.41) is 9.30. The Morgan fingerprint density at radius 3 is 2.71 bits per heavy atom. The fourth-order valence-corrected chi connectivity index (χ4v) is 4.12. The normalized spacial score (nSPS) is 14.2. The van der Waals surface area contributed by atoms with Crippen LogP contribution >= 0.6 is 23.2 Å². The molecule has 8 heteroatoms. The predicted octanol–water partition coefficient (Wildman–Crippen LogP) is 5.07. The summed E-state index contributed by atoms with van der Waals surface area (Å²) in [6, 6.07) is 14.9. The highest BCUT2D eigenvalue weighted by Crippen LogP contribution is 2.35. The summed E-state index contributed by atoms with van der Waals surface area (Å²) >= 11 is 12.6. The van der Waals surface area contributed by atoms with Gasteiger partial charge < -0.3 is 9.64 Å². The molecule has 1 saturated heterocycles. The monoisotopic (exact) mass is 452 g/mol. The second kappa shape index (κ2) is 8.30. The van der Waals surface area contributed by atoms with Crippen LogP contribution in [0.2, 0.25) is 10.0 Å². The van der Waals surface area contributed by atoms with E-state index >= 15 is 0 Å². The zero-order valence-corrected chi connectivity index (χ0v) is 18.0. The SMILES string of the molecule is O=C(c1cccc(-c2cnc3n[nH]c(-c4cc(Cl)ccc4Cl)c3c2)c1)N1CCOCC1. The number of benzene rings is 2. The first-order valence-corrected chi connectivity index (χ1v) is 10.6. The van der Waals surface area contributed by atoms with E-state index in [-0.39, 0.29) is 5.91 Å². The summed E-state index contributed by atoms with van der Waals surface area (Å²) < 4.78 is 5.35. The maximum absolute atomic E-state index is 12.9. The summed E-state index contributed by atoms with van der Waals surface area (Å²) in [7, 11) is 0. The summed E-state index contributed by atoms with van der Waals surface area (Å²) in [5.41, 5.74) is 4.51. The molecule has 1 aliphatic heterocycles. The number of amides is 1. The van der Waals surface area contributed by atoms with Crippen molar-refractivity contribution >= 4 is 40.1 Å². The predicted molar refractivity (Wildman–Crippen MR) is 122 cm³/mol. The Bertz CT molecular complexity index is 1280. The second-order valence-corrected chi connectivity index (χ2v) is 8.15. The maximum Gasteiger partial charge on any atom is 0.254 e. The van der Waals surface area contributed by atoms with Crippen molar-refractivity contribution in [1.29, 1.82) is 0 Å². The van der Waals surface area contributed by atoms with Gasteiger partial charge in [-0.1, -0.05) is 35.3 Å². The third-order valence-electron chi connectivity index (χ3n) is 5.35. The molecule has 1 amide bonds. The van der Waals surface area contributed by atoms with Crippen molar-refractivity contribution in [1.82, 2.24) is 20.1 Å². The van der Waals surface area contributed by atoms with Crippen molar-refractivity contribution in [3.63, 3.8) is 0 Å². The number of H-pyrrole nitrogens is 1. The molecule has 0 unspecified atom stereocenters. The van der Waals surface area contributed by atoms with E-state index in [1.54, 1.807) is 24.4 Å². The van der Waals surface area contributed by atoms with Gasteiger partial charge >= 0.3 is 0 Å². The molecule has 4 aromatic rings. The molecule has 0 saturated carbocycles. The van der Waals surface area contributed by atoms with E-state index in [2.05, 4.69) is 15.2 Å². The number of halogens is 2. The number of aromatic amines is 1. The molecule has 31 heavy (non-hydrogen) atoms. The number of aromatic nitrogens is 3. The number of pyridine rings is 1. The van der Waals surface area contributed by atoms with Gasteiger partial charge in [0.2, 0.25) is 0 Å². The quantitative estimate of drug-likeness (QED) is 0.470. The molecule has 1 fully saturated rings. The summed E-state index contributed by atoms with van der Waals surface area (Å²) in [6.07, 6.45) is 1.75. The lowest BCUT2D eigenvalue weighted by Crippen LogP contribution is -2.40. The molecule has 156 valence electrons. The zero-order valence-electron chi connectivity index (χ0n) is 16.4. The number of morpholine rings is 1. The summed E-state index contributed by atoms with van der Waals surface area (Å²) in [6.45, 7) is 2.35. The largest absolute Gasteiger partial charge is 0.378 e. The first-order valence-electron chi connectivity index (χ1n) is 9.87. The highest BCUT2D eigenvalue weighted by atomic mass is 35.5. The molecular weight excluding hydrogens is 435 g/mol. The minimum Gasteiger partial charge on any atom is -0.378 e. The maximum atomic E-state index is 12.9. The highest BCUT2D eigenvalue weighted by Gasteiger charge is 2.19. The van der Waals surface area contributed by atoms with Crippen LogP contribution in [0.3, 0.4) is 0 Å². The van der Waals surface area contributed by atoms with Gasteiger partial charge in [-0.15, -0.1) is 0 Å². The van der Waals surface area contributed by atoms with E-state index in [4.69, 9.17) is 27.9 Å². The Hall–Kier alpha value is -2.93. The minimum atomic E-state index is 0.00824. The lowest BCUT2D eigenvalue weighted by molar-refractivity contribution is 0.0303. The molecule has 6 nitrogen and oxygen atoms in total. The molecule has 0 spiro atoms. The average molecular weight is 453 g/mol. The molecule has 1 aliphatic rings. The van der Waals surface area contributed by atoms with Crippen LogP contribution in [-0.4, -0.2) is 52.3 Å². The molecule has 0 atom stereocenters. The molecule has 5 rings (SSSR count). The number of ether oxygens (including phenoxy) is 1. The van der Waals surface area contributed by atoms with Crippen molar-refractivity contribution in [2.24, 2.45) is 0 Å². The van der Waals surface area contributed by atoms with Gasteiger partial charge in [0.25, 0.3) is 5.91 Å². The van der Waals surface area contributed by atoms with Crippen LogP contribution in [0.15, 0.2) is 54.7 Å². The molecule has 0 bridgehead atoms. The molecular formula is C23H18Cl2N4O2. The molecule has 2 aromatic carbocycles. The second-order valence-electron chi connectivity index (χ2n) is 7.30. The van der Waals surface area contributed by atoms with Crippen molar-refractivity contribution < 1.29 is 9.53 Å². The number of carbonyl (C=O) groups excluding carboxylic acids is 1. The third kappa shape index (κ3) is 3.90. The van der Waals surface area contributed by atoms with Crippen LogP contribution in [0.4, 0.5) is 0 Å². The van der Waals surface area contributed by atoms with Gasteiger partial charge in [0.05, 0.1) is 23.9 Å².